The van der Waals surface area contributed by atoms with Gasteiger partial charge in [-0.15, -0.1) is 0 Å². The van der Waals surface area contributed by atoms with Crippen LogP contribution >= 0.6 is 0 Å². The molecule has 3 aliphatic rings. The number of allylic oxidation sites excluding steroid dienone is 2. The first-order chi connectivity index (χ1) is 17.6. The Morgan fingerprint density at radius 1 is 0.861 bits per heavy atom. The number of benzene rings is 3. The van der Waals surface area contributed by atoms with E-state index in [1.54, 1.807) is 36.4 Å². The Labute approximate surface area is 206 Å². The molecular weight excluding hydrogens is 454 g/mol. The molecule has 4 aromatic rings. The average Bonchev–Trinajstić information content (AvgIpc) is 3.67. The lowest BCUT2D eigenvalue weighted by Crippen LogP contribution is -2.32. The highest BCUT2D eigenvalue weighted by molar-refractivity contribution is 6.23. The van der Waals surface area contributed by atoms with E-state index < -0.39 is 0 Å². The van der Waals surface area contributed by atoms with Crippen molar-refractivity contribution < 1.29 is 18.8 Å². The highest BCUT2D eigenvalue weighted by Gasteiger charge is 2.59. The van der Waals surface area contributed by atoms with Gasteiger partial charge in [0.1, 0.15) is 5.52 Å². The Kier molecular flexibility index (Phi) is 4.48. The van der Waals surface area contributed by atoms with Gasteiger partial charge in [-0.3, -0.25) is 19.3 Å². The van der Waals surface area contributed by atoms with Crippen LogP contribution in [-0.2, 0) is 9.59 Å². The number of hydrogen-bond acceptors (Lipinski definition) is 5. The predicted octanol–water partition coefficient (Wildman–Crippen LogP) is 5.06. The van der Waals surface area contributed by atoms with Crippen molar-refractivity contribution in [2.24, 2.45) is 23.7 Å². The minimum atomic E-state index is -0.283. The lowest BCUT2D eigenvalue weighted by atomic mass is 9.85. The van der Waals surface area contributed by atoms with Gasteiger partial charge in [-0.25, -0.2) is 4.98 Å². The summed E-state index contributed by atoms with van der Waals surface area (Å²) in [5, 5.41) is 2.88. The van der Waals surface area contributed by atoms with Crippen LogP contribution in [-0.4, -0.2) is 22.7 Å². The summed E-state index contributed by atoms with van der Waals surface area (Å²) in [6.45, 7) is 0. The zero-order valence-corrected chi connectivity index (χ0v) is 19.1. The van der Waals surface area contributed by atoms with Crippen molar-refractivity contribution in [1.29, 1.82) is 0 Å². The van der Waals surface area contributed by atoms with Crippen molar-refractivity contribution >= 4 is 40.2 Å². The van der Waals surface area contributed by atoms with Gasteiger partial charge in [0.2, 0.25) is 17.7 Å². The molecule has 3 amide bonds. The Morgan fingerprint density at radius 3 is 2.19 bits per heavy atom. The molecule has 2 heterocycles. The Bertz CT molecular complexity index is 1510. The number of nitrogens with zero attached hydrogens (tertiary/aromatic N) is 2. The molecule has 7 heteroatoms. The molecule has 3 aromatic carbocycles. The SMILES string of the molecule is O=C(Nc1ccc(-c2nc3ccccc3o2)cc1)c1ccc(N2C(=O)[C@H]3[C@H](C2=O)[C@H]2C=C[C@H]3C2)cc1. The second kappa shape index (κ2) is 7.75. The van der Waals surface area contributed by atoms with E-state index >= 15 is 0 Å². The van der Waals surface area contributed by atoms with Crippen molar-refractivity contribution in [2.45, 2.75) is 6.42 Å². The maximum Gasteiger partial charge on any atom is 0.255 e. The summed E-state index contributed by atoms with van der Waals surface area (Å²) in [5.41, 5.74) is 3.89. The topological polar surface area (TPSA) is 92.5 Å². The number of nitrogens with one attached hydrogen (secondary N) is 1. The number of amides is 3. The van der Waals surface area contributed by atoms with Crippen molar-refractivity contribution in [2.75, 3.05) is 10.2 Å². The van der Waals surface area contributed by atoms with Crippen LogP contribution in [0.25, 0.3) is 22.6 Å². The predicted molar refractivity (Wildman–Crippen MR) is 134 cm³/mol. The first kappa shape index (κ1) is 20.8. The number of carbonyl (C=O) groups is 3. The number of hydrogen-bond donors (Lipinski definition) is 1. The summed E-state index contributed by atoms with van der Waals surface area (Å²) in [4.78, 5) is 44.6. The van der Waals surface area contributed by atoms with Gasteiger partial charge in [0, 0.05) is 16.8 Å². The van der Waals surface area contributed by atoms with Crippen LogP contribution in [0.15, 0.2) is 89.4 Å². The number of fused-ring (bicyclic) bond motifs is 6. The molecule has 2 bridgehead atoms. The van der Waals surface area contributed by atoms with Crippen LogP contribution in [0.4, 0.5) is 11.4 Å². The summed E-state index contributed by atoms with van der Waals surface area (Å²) in [5.74, 6) is -0.170. The van der Waals surface area contributed by atoms with E-state index in [1.807, 2.05) is 36.4 Å². The van der Waals surface area contributed by atoms with Crippen LogP contribution in [0, 0.1) is 23.7 Å². The van der Waals surface area contributed by atoms with Crippen molar-refractivity contribution in [3.63, 3.8) is 0 Å². The van der Waals surface area contributed by atoms with E-state index in [0.717, 1.165) is 23.1 Å². The second-order valence-electron chi connectivity index (χ2n) is 9.58. The summed E-state index contributed by atoms with van der Waals surface area (Å²) in [6.07, 6.45) is 5.05. The monoisotopic (exact) mass is 475 g/mol. The van der Waals surface area contributed by atoms with Crippen LogP contribution in [0.2, 0.25) is 0 Å². The molecule has 0 radical (unpaired) electrons. The van der Waals surface area contributed by atoms with E-state index in [4.69, 9.17) is 4.42 Å². The van der Waals surface area contributed by atoms with Gasteiger partial charge in [0.05, 0.1) is 17.5 Å². The van der Waals surface area contributed by atoms with Crippen LogP contribution < -0.4 is 10.2 Å². The maximum absolute atomic E-state index is 13.0. The molecule has 1 aliphatic heterocycles. The van der Waals surface area contributed by atoms with Gasteiger partial charge in [0.15, 0.2) is 5.58 Å². The molecule has 2 aliphatic carbocycles. The lowest BCUT2D eigenvalue weighted by molar-refractivity contribution is -0.123. The molecule has 176 valence electrons. The molecule has 36 heavy (non-hydrogen) atoms. The molecule has 0 spiro atoms. The third-order valence-corrected chi connectivity index (χ3v) is 7.54. The van der Waals surface area contributed by atoms with Crippen LogP contribution in [0.1, 0.15) is 16.8 Å². The lowest BCUT2D eigenvalue weighted by Gasteiger charge is -2.17. The first-order valence-corrected chi connectivity index (χ1v) is 12.0. The van der Waals surface area contributed by atoms with Gasteiger partial charge < -0.3 is 9.73 Å². The molecule has 1 saturated carbocycles. The molecule has 1 saturated heterocycles. The Hall–Kier alpha value is -4.52. The minimum absolute atomic E-state index is 0.127. The van der Waals surface area contributed by atoms with E-state index in [-0.39, 0.29) is 41.4 Å². The van der Waals surface area contributed by atoms with Gasteiger partial charge in [-0.2, -0.15) is 0 Å². The van der Waals surface area contributed by atoms with Gasteiger partial charge in [0.25, 0.3) is 5.91 Å². The standard InChI is InChI=1S/C29H21N3O4/c33-26(30-20-11-7-17(8-12-20)27-31-22-3-1-2-4-23(22)36-27)16-9-13-21(14-10-16)32-28(34)24-18-5-6-19(15-18)25(24)29(32)35/h1-14,18-19,24-25H,15H2,(H,30,33)/t18-,19-,24+,25+/m0/s1. The fraction of sp³-hybridized carbons (Fsp3) is 0.172. The Morgan fingerprint density at radius 2 is 1.53 bits per heavy atom. The molecular formula is C29H21N3O4. The highest BCUT2D eigenvalue weighted by Crippen LogP contribution is 2.53. The van der Waals surface area contributed by atoms with E-state index in [2.05, 4.69) is 22.5 Å². The first-order valence-electron chi connectivity index (χ1n) is 12.0. The smallest absolute Gasteiger partial charge is 0.255 e. The number of aromatic nitrogens is 1. The third kappa shape index (κ3) is 3.12. The fourth-order valence-corrected chi connectivity index (χ4v) is 5.81. The molecule has 1 N–H and O–H groups in total. The summed E-state index contributed by atoms with van der Waals surface area (Å²) < 4.78 is 5.80. The summed E-state index contributed by atoms with van der Waals surface area (Å²) >= 11 is 0. The average molecular weight is 476 g/mol. The van der Waals surface area contributed by atoms with Gasteiger partial charge in [-0.1, -0.05) is 24.3 Å². The number of oxazole rings is 1. The van der Waals surface area contributed by atoms with E-state index in [0.29, 0.717) is 22.8 Å². The largest absolute Gasteiger partial charge is 0.436 e. The molecule has 4 atom stereocenters. The number of imide groups is 1. The van der Waals surface area contributed by atoms with Gasteiger partial charge >= 0.3 is 0 Å². The fourth-order valence-electron chi connectivity index (χ4n) is 5.81. The van der Waals surface area contributed by atoms with Crippen LogP contribution in [0.3, 0.4) is 0 Å². The quantitative estimate of drug-likeness (QED) is 0.329. The van der Waals surface area contributed by atoms with Crippen molar-refractivity contribution in [3.05, 3.63) is 90.5 Å². The minimum Gasteiger partial charge on any atom is -0.436 e. The summed E-state index contributed by atoms with van der Waals surface area (Å²) in [6, 6.07) is 21.4. The molecule has 0 unspecified atom stereocenters. The molecule has 7 nitrogen and oxygen atoms in total. The summed E-state index contributed by atoms with van der Waals surface area (Å²) in [7, 11) is 0. The number of carbonyl (C=O) groups excluding carboxylic acids is 3. The molecule has 1 aromatic heterocycles. The van der Waals surface area contributed by atoms with Gasteiger partial charge in [-0.05, 0) is 78.9 Å². The zero-order valence-electron chi connectivity index (χ0n) is 19.1. The highest BCUT2D eigenvalue weighted by atomic mass is 16.3. The second-order valence-corrected chi connectivity index (χ2v) is 9.58. The normalized spacial score (nSPS) is 24.1. The number of para-hydroxylation sites is 2. The van der Waals surface area contributed by atoms with E-state index in [1.165, 1.54) is 4.90 Å². The van der Waals surface area contributed by atoms with Crippen molar-refractivity contribution in [3.8, 4) is 11.5 Å². The molecule has 2 fully saturated rings. The Balaban J connectivity index is 1.05. The zero-order chi connectivity index (χ0) is 24.4. The van der Waals surface area contributed by atoms with Crippen molar-refractivity contribution in [1.82, 2.24) is 4.98 Å². The maximum atomic E-state index is 13.0. The molecule has 7 rings (SSSR count). The van der Waals surface area contributed by atoms with E-state index in [9.17, 15) is 14.4 Å². The third-order valence-electron chi connectivity index (χ3n) is 7.54. The van der Waals surface area contributed by atoms with Crippen LogP contribution in [0.5, 0.6) is 0 Å². The number of anilines is 2. The number of rotatable bonds is 4.